The zero-order valence-electron chi connectivity index (χ0n) is 11.0. The summed E-state index contributed by atoms with van der Waals surface area (Å²) in [6.45, 7) is 0. The molecular weight excluding hydrogens is 345 g/mol. The Morgan fingerprint density at radius 2 is 1.71 bits per heavy atom. The van der Waals surface area contributed by atoms with Crippen molar-refractivity contribution in [2.24, 2.45) is 0 Å². The molecule has 5 aromatic rings. The summed E-state index contributed by atoms with van der Waals surface area (Å²) in [6.07, 6.45) is 0. The van der Waals surface area contributed by atoms with Crippen molar-refractivity contribution in [1.29, 1.82) is 0 Å². The number of H-pyrrole nitrogens is 1. The molecule has 0 aliphatic rings. The summed E-state index contributed by atoms with van der Waals surface area (Å²) in [5, 5.41) is 6.02. The molecule has 100 valence electrons. The van der Waals surface area contributed by atoms with E-state index in [0.717, 1.165) is 10.5 Å². The molecule has 0 aliphatic carbocycles. The maximum absolute atomic E-state index is 6.16. The zero-order chi connectivity index (χ0) is 14.0. The molecule has 0 aliphatic heterocycles. The number of nitrogens with one attached hydrogen (secondary N) is 1. The van der Waals surface area contributed by atoms with E-state index < -0.39 is 0 Å². The van der Waals surface area contributed by atoms with Gasteiger partial charge in [0.1, 0.15) is 0 Å². The summed E-state index contributed by atoms with van der Waals surface area (Å²) in [6, 6.07) is 19.3. The first-order valence-corrected chi connectivity index (χ1v) is 8.91. The van der Waals surface area contributed by atoms with Crippen LogP contribution in [0, 0.1) is 0 Å². The fraction of sp³-hybridized carbons (Fsp3) is 0. The van der Waals surface area contributed by atoms with Crippen LogP contribution in [0.15, 0.2) is 54.6 Å². The van der Waals surface area contributed by atoms with E-state index in [0.29, 0.717) is 14.5 Å². The molecule has 0 amide bonds. The zero-order valence-corrected chi connectivity index (χ0v) is 13.5. The predicted molar refractivity (Wildman–Crippen MR) is 92.8 cm³/mol. The molecular formula is C18H10ClNSe. The molecule has 3 aromatic carbocycles. The van der Waals surface area contributed by atoms with Gasteiger partial charge in [-0.05, 0) is 0 Å². The molecule has 0 bridgehead atoms. The molecule has 1 nitrogen and oxygen atoms in total. The van der Waals surface area contributed by atoms with Crippen LogP contribution in [0.2, 0.25) is 5.02 Å². The van der Waals surface area contributed by atoms with E-state index in [1.807, 2.05) is 12.1 Å². The third-order valence-corrected chi connectivity index (χ3v) is 6.69. The molecule has 2 heterocycles. The number of halogens is 1. The summed E-state index contributed by atoms with van der Waals surface area (Å²) >= 11 is 6.58. The van der Waals surface area contributed by atoms with Crippen molar-refractivity contribution in [3.05, 3.63) is 59.6 Å². The first-order valence-electron chi connectivity index (χ1n) is 6.82. The van der Waals surface area contributed by atoms with Gasteiger partial charge in [-0.25, -0.2) is 0 Å². The number of aromatic nitrogens is 1. The Kier molecular flexibility index (Phi) is 2.34. The SMILES string of the molecule is Clc1ccc2[nH]c3c(ccc4[se]c5ccccc5c43)c2c1. The second-order valence-electron chi connectivity index (χ2n) is 5.27. The molecule has 0 saturated carbocycles. The average Bonchev–Trinajstić information content (AvgIpc) is 3.04. The topological polar surface area (TPSA) is 15.8 Å². The Balaban J connectivity index is 2.10. The Morgan fingerprint density at radius 1 is 0.810 bits per heavy atom. The van der Waals surface area contributed by atoms with Crippen molar-refractivity contribution >= 4 is 67.2 Å². The number of aromatic amines is 1. The van der Waals surface area contributed by atoms with Gasteiger partial charge in [0, 0.05) is 0 Å². The molecule has 0 spiro atoms. The first kappa shape index (κ1) is 11.9. The Hall–Kier alpha value is -1.73. The van der Waals surface area contributed by atoms with E-state index in [9.17, 15) is 0 Å². The van der Waals surface area contributed by atoms with Gasteiger partial charge in [-0.3, -0.25) is 0 Å². The third kappa shape index (κ3) is 1.58. The van der Waals surface area contributed by atoms with Crippen molar-refractivity contribution in [1.82, 2.24) is 4.98 Å². The molecule has 0 fully saturated rings. The number of rotatable bonds is 0. The monoisotopic (exact) mass is 355 g/mol. The van der Waals surface area contributed by atoms with Crippen molar-refractivity contribution in [3.8, 4) is 0 Å². The summed E-state index contributed by atoms with van der Waals surface area (Å²) in [5.41, 5.74) is 2.40. The number of fused-ring (bicyclic) bond motifs is 7. The maximum atomic E-state index is 6.16. The van der Waals surface area contributed by atoms with Crippen LogP contribution in [-0.2, 0) is 0 Å². The van der Waals surface area contributed by atoms with E-state index >= 15 is 0 Å². The summed E-state index contributed by atoms with van der Waals surface area (Å²) in [5.74, 6) is 0. The van der Waals surface area contributed by atoms with Gasteiger partial charge in [0.25, 0.3) is 0 Å². The molecule has 0 unspecified atom stereocenters. The van der Waals surface area contributed by atoms with Crippen LogP contribution in [0.3, 0.4) is 0 Å². The quantitative estimate of drug-likeness (QED) is 0.361. The molecule has 21 heavy (non-hydrogen) atoms. The first-order chi connectivity index (χ1) is 10.3. The summed E-state index contributed by atoms with van der Waals surface area (Å²) in [4.78, 5) is 3.60. The molecule has 3 heteroatoms. The number of hydrogen-bond acceptors (Lipinski definition) is 0. The molecule has 2 aromatic heterocycles. The number of hydrogen-bond donors (Lipinski definition) is 1. The van der Waals surface area contributed by atoms with Gasteiger partial charge in [-0.2, -0.15) is 0 Å². The fourth-order valence-corrected chi connectivity index (χ4v) is 5.66. The van der Waals surface area contributed by atoms with Crippen LogP contribution in [0.4, 0.5) is 0 Å². The molecule has 0 atom stereocenters. The second-order valence-corrected chi connectivity index (χ2v) is 7.98. The fourth-order valence-electron chi connectivity index (χ4n) is 3.15. The molecule has 0 radical (unpaired) electrons. The third-order valence-electron chi connectivity index (χ3n) is 4.07. The van der Waals surface area contributed by atoms with Crippen LogP contribution in [0.25, 0.3) is 41.1 Å². The molecule has 5 rings (SSSR count). The van der Waals surface area contributed by atoms with Gasteiger partial charge in [0.05, 0.1) is 0 Å². The van der Waals surface area contributed by atoms with Gasteiger partial charge < -0.3 is 0 Å². The minimum absolute atomic E-state index is 0.412. The summed E-state index contributed by atoms with van der Waals surface area (Å²) < 4.78 is 2.94. The average molecular weight is 355 g/mol. The summed E-state index contributed by atoms with van der Waals surface area (Å²) in [7, 11) is 0. The van der Waals surface area contributed by atoms with E-state index in [-0.39, 0.29) is 0 Å². The number of benzene rings is 3. The van der Waals surface area contributed by atoms with E-state index in [4.69, 9.17) is 11.6 Å². The Morgan fingerprint density at radius 3 is 2.67 bits per heavy atom. The van der Waals surface area contributed by atoms with Crippen LogP contribution in [-0.4, -0.2) is 19.5 Å². The van der Waals surface area contributed by atoms with Gasteiger partial charge in [0.15, 0.2) is 0 Å². The van der Waals surface area contributed by atoms with Crippen LogP contribution < -0.4 is 0 Å². The van der Waals surface area contributed by atoms with Crippen molar-refractivity contribution in [2.75, 3.05) is 0 Å². The normalized spacial score (nSPS) is 12.0. The van der Waals surface area contributed by atoms with Gasteiger partial charge in [-0.15, -0.1) is 0 Å². The molecule has 0 saturated heterocycles. The Bertz CT molecular complexity index is 1150. The van der Waals surface area contributed by atoms with E-state index in [1.54, 1.807) is 0 Å². The Labute approximate surface area is 131 Å². The van der Waals surface area contributed by atoms with Crippen LogP contribution in [0.5, 0.6) is 0 Å². The van der Waals surface area contributed by atoms with Crippen molar-refractivity contribution in [3.63, 3.8) is 0 Å². The van der Waals surface area contributed by atoms with Crippen LogP contribution >= 0.6 is 11.6 Å². The predicted octanol–water partition coefficient (Wildman–Crippen LogP) is 5.34. The van der Waals surface area contributed by atoms with E-state index in [1.165, 1.54) is 35.6 Å². The minimum atomic E-state index is 0.412. The van der Waals surface area contributed by atoms with Crippen molar-refractivity contribution < 1.29 is 0 Å². The second kappa shape index (κ2) is 4.14. The molecule has 1 N–H and O–H groups in total. The van der Waals surface area contributed by atoms with Crippen LogP contribution in [0.1, 0.15) is 0 Å². The van der Waals surface area contributed by atoms with Gasteiger partial charge >= 0.3 is 132 Å². The van der Waals surface area contributed by atoms with Crippen molar-refractivity contribution in [2.45, 2.75) is 0 Å². The van der Waals surface area contributed by atoms with E-state index in [2.05, 4.69) is 47.4 Å². The van der Waals surface area contributed by atoms with Gasteiger partial charge in [-0.1, -0.05) is 0 Å². The van der Waals surface area contributed by atoms with Gasteiger partial charge in [0.2, 0.25) is 0 Å². The standard InChI is InChI=1S/C18H10ClNSe/c19-10-5-7-14-13(9-10)11-6-8-16-17(18(11)20-14)12-3-1-2-4-15(12)21-16/h1-9,20H.